The van der Waals surface area contributed by atoms with Gasteiger partial charge in [-0.05, 0) is 46.6 Å². The molecule has 0 bridgehead atoms. The molecule has 14 heavy (non-hydrogen) atoms. The largest absolute Gasteiger partial charge is 0.478 e. The molecule has 0 aromatic carbocycles. The molecule has 0 aliphatic heterocycles. The number of carboxylic acids is 1. The summed E-state index contributed by atoms with van der Waals surface area (Å²) in [6, 6.07) is 3.56. The van der Waals surface area contributed by atoms with E-state index in [1.807, 2.05) is 0 Å². The zero-order valence-corrected chi connectivity index (χ0v) is 9.11. The molecule has 0 fully saturated rings. The van der Waals surface area contributed by atoms with Crippen molar-refractivity contribution < 1.29 is 14.3 Å². The van der Waals surface area contributed by atoms with Crippen LogP contribution in [0.25, 0.3) is 6.08 Å². The lowest BCUT2D eigenvalue weighted by Crippen LogP contribution is -1.87. The molecular weight excluding hydrogens is 248 g/mol. The molecule has 0 amide bonds. The third-order valence-corrected chi connectivity index (χ3v) is 1.88. The Hall–Kier alpha value is -1.29. The molecule has 1 N–H and O–H groups in total. The van der Waals surface area contributed by atoms with Crippen LogP contribution in [0.2, 0.25) is 0 Å². The molecule has 0 spiro atoms. The molecule has 0 atom stereocenters. The predicted octanol–water partition coefficient (Wildman–Crippen LogP) is 3.09. The highest BCUT2D eigenvalue weighted by Gasteiger charge is 1.94. The quantitative estimate of drug-likeness (QED) is 0.668. The van der Waals surface area contributed by atoms with E-state index in [1.165, 1.54) is 0 Å². The fourth-order valence-corrected chi connectivity index (χ4v) is 1.19. The van der Waals surface area contributed by atoms with Crippen molar-refractivity contribution in [1.29, 1.82) is 0 Å². The van der Waals surface area contributed by atoms with E-state index in [2.05, 4.69) is 15.9 Å². The number of halogens is 1. The van der Waals surface area contributed by atoms with Gasteiger partial charge < -0.3 is 9.52 Å². The summed E-state index contributed by atoms with van der Waals surface area (Å²) in [5.41, 5.74) is 0.657. The first-order valence-electron chi connectivity index (χ1n) is 3.92. The van der Waals surface area contributed by atoms with E-state index in [0.29, 0.717) is 16.0 Å². The standard InChI is InChI=1S/C10H9BrO3/c1-7(6-10(12)13)2-3-8-4-5-9(11)14-8/h2-6H,1H3,(H,12,13)/b3-2-,7-6+. The van der Waals surface area contributed by atoms with E-state index in [4.69, 9.17) is 9.52 Å². The van der Waals surface area contributed by atoms with Crippen LogP contribution in [-0.4, -0.2) is 11.1 Å². The Bertz CT molecular complexity index is 388. The van der Waals surface area contributed by atoms with Crippen LogP contribution in [0.4, 0.5) is 0 Å². The minimum absolute atomic E-state index is 0.650. The summed E-state index contributed by atoms with van der Waals surface area (Å²) in [5.74, 6) is -0.275. The van der Waals surface area contributed by atoms with E-state index in [0.717, 1.165) is 6.08 Å². The maximum absolute atomic E-state index is 10.3. The van der Waals surface area contributed by atoms with Crippen LogP contribution in [0.3, 0.4) is 0 Å². The van der Waals surface area contributed by atoms with Gasteiger partial charge in [-0.3, -0.25) is 0 Å². The molecule has 0 aliphatic carbocycles. The second-order valence-electron chi connectivity index (χ2n) is 2.70. The van der Waals surface area contributed by atoms with Crippen molar-refractivity contribution in [2.45, 2.75) is 6.92 Å². The molecule has 1 heterocycles. The van der Waals surface area contributed by atoms with Crippen LogP contribution in [0.1, 0.15) is 12.7 Å². The lowest BCUT2D eigenvalue weighted by molar-refractivity contribution is -0.131. The molecule has 1 rings (SSSR count). The molecule has 1 aromatic heterocycles. The Morgan fingerprint density at radius 3 is 2.79 bits per heavy atom. The number of furan rings is 1. The van der Waals surface area contributed by atoms with Crippen molar-refractivity contribution in [3.8, 4) is 0 Å². The van der Waals surface area contributed by atoms with Crippen LogP contribution in [0.15, 0.2) is 38.9 Å². The molecule has 4 heteroatoms. The number of aliphatic carboxylic acids is 1. The highest BCUT2D eigenvalue weighted by atomic mass is 79.9. The summed E-state index contributed by atoms with van der Waals surface area (Å²) < 4.78 is 5.84. The average molecular weight is 257 g/mol. The first kappa shape index (κ1) is 10.8. The Labute approximate surface area is 89.9 Å². The molecule has 0 radical (unpaired) electrons. The maximum Gasteiger partial charge on any atom is 0.328 e. The van der Waals surface area contributed by atoms with Crippen molar-refractivity contribution in [3.05, 3.63) is 40.3 Å². The topological polar surface area (TPSA) is 50.4 Å². The fourth-order valence-electron chi connectivity index (χ4n) is 0.874. The fraction of sp³-hybridized carbons (Fsp3) is 0.100. The SMILES string of the molecule is CC(/C=C\c1ccc(Br)o1)=C\C(=O)O. The number of hydrogen-bond acceptors (Lipinski definition) is 2. The predicted molar refractivity (Wildman–Crippen MR) is 56.8 cm³/mol. The minimum atomic E-state index is -0.951. The van der Waals surface area contributed by atoms with Crippen LogP contribution in [0.5, 0.6) is 0 Å². The molecule has 0 saturated heterocycles. The summed E-state index contributed by atoms with van der Waals surface area (Å²) in [5, 5.41) is 8.44. The number of allylic oxidation sites excluding steroid dienone is 2. The van der Waals surface area contributed by atoms with Gasteiger partial charge in [-0.1, -0.05) is 6.08 Å². The molecule has 0 aliphatic rings. The summed E-state index contributed by atoms with van der Waals surface area (Å²) in [6.07, 6.45) is 4.52. The third kappa shape index (κ3) is 3.62. The van der Waals surface area contributed by atoms with E-state index < -0.39 is 5.97 Å². The van der Waals surface area contributed by atoms with Gasteiger partial charge in [-0.2, -0.15) is 0 Å². The highest BCUT2D eigenvalue weighted by molar-refractivity contribution is 9.10. The van der Waals surface area contributed by atoms with Gasteiger partial charge in [0.15, 0.2) is 4.67 Å². The van der Waals surface area contributed by atoms with Gasteiger partial charge in [0, 0.05) is 6.08 Å². The normalized spacial score (nSPS) is 12.3. The molecular formula is C10H9BrO3. The molecule has 3 nitrogen and oxygen atoms in total. The molecule has 74 valence electrons. The van der Waals surface area contributed by atoms with E-state index in [1.54, 1.807) is 31.2 Å². The lowest BCUT2D eigenvalue weighted by Gasteiger charge is -1.88. The van der Waals surface area contributed by atoms with E-state index in [9.17, 15) is 4.79 Å². The molecule has 1 aromatic rings. The number of rotatable bonds is 3. The Morgan fingerprint density at radius 2 is 2.29 bits per heavy atom. The zero-order chi connectivity index (χ0) is 10.6. The summed E-state index contributed by atoms with van der Waals surface area (Å²) in [4.78, 5) is 10.3. The third-order valence-electron chi connectivity index (χ3n) is 1.46. The van der Waals surface area contributed by atoms with Gasteiger partial charge in [0.05, 0.1) is 0 Å². The molecule has 0 saturated carbocycles. The van der Waals surface area contributed by atoms with Crippen molar-refractivity contribution >= 4 is 28.0 Å². The van der Waals surface area contributed by atoms with Crippen molar-refractivity contribution in [1.82, 2.24) is 0 Å². The second-order valence-corrected chi connectivity index (χ2v) is 3.48. The minimum Gasteiger partial charge on any atom is -0.478 e. The smallest absolute Gasteiger partial charge is 0.328 e. The summed E-state index contributed by atoms with van der Waals surface area (Å²) >= 11 is 3.17. The van der Waals surface area contributed by atoms with Crippen LogP contribution in [0, 0.1) is 0 Å². The number of hydrogen-bond donors (Lipinski definition) is 1. The van der Waals surface area contributed by atoms with E-state index >= 15 is 0 Å². The van der Waals surface area contributed by atoms with Gasteiger partial charge in [-0.15, -0.1) is 0 Å². The van der Waals surface area contributed by atoms with Gasteiger partial charge in [0.1, 0.15) is 5.76 Å². The summed E-state index contributed by atoms with van der Waals surface area (Å²) in [6.45, 7) is 1.71. The lowest BCUT2D eigenvalue weighted by atomic mass is 10.2. The molecule has 0 unspecified atom stereocenters. The highest BCUT2D eigenvalue weighted by Crippen LogP contribution is 2.15. The van der Waals surface area contributed by atoms with Crippen LogP contribution < -0.4 is 0 Å². The summed E-state index contributed by atoms with van der Waals surface area (Å²) in [7, 11) is 0. The van der Waals surface area contributed by atoms with Gasteiger partial charge in [0.25, 0.3) is 0 Å². The maximum atomic E-state index is 10.3. The zero-order valence-electron chi connectivity index (χ0n) is 7.53. The van der Waals surface area contributed by atoms with E-state index in [-0.39, 0.29) is 0 Å². The van der Waals surface area contributed by atoms with Gasteiger partial charge in [-0.25, -0.2) is 4.79 Å². The monoisotopic (exact) mass is 256 g/mol. The van der Waals surface area contributed by atoms with Gasteiger partial charge in [0.2, 0.25) is 0 Å². The first-order chi connectivity index (χ1) is 6.58. The Kier molecular flexibility index (Phi) is 3.71. The number of carbonyl (C=O) groups is 1. The Balaban J connectivity index is 2.69. The van der Waals surface area contributed by atoms with Crippen molar-refractivity contribution in [2.24, 2.45) is 0 Å². The first-order valence-corrected chi connectivity index (χ1v) is 4.72. The van der Waals surface area contributed by atoms with Crippen molar-refractivity contribution in [3.63, 3.8) is 0 Å². The van der Waals surface area contributed by atoms with Crippen LogP contribution >= 0.6 is 15.9 Å². The van der Waals surface area contributed by atoms with Gasteiger partial charge >= 0.3 is 5.97 Å². The number of carboxylic acid groups (broad SMARTS) is 1. The average Bonchev–Trinajstić information content (AvgIpc) is 2.47. The Morgan fingerprint density at radius 1 is 1.57 bits per heavy atom. The van der Waals surface area contributed by atoms with Crippen molar-refractivity contribution in [2.75, 3.05) is 0 Å². The second kappa shape index (κ2) is 4.81. The van der Waals surface area contributed by atoms with Crippen LogP contribution in [-0.2, 0) is 4.79 Å².